The van der Waals surface area contributed by atoms with E-state index in [-0.39, 0.29) is 24.4 Å². The van der Waals surface area contributed by atoms with E-state index in [1.165, 1.54) is 4.57 Å². The lowest BCUT2D eigenvalue weighted by Gasteiger charge is -2.20. The predicted octanol–water partition coefficient (Wildman–Crippen LogP) is -1.42. The molecule has 2 fully saturated rings. The normalized spacial score (nSPS) is 34.6. The zero-order valence-electron chi connectivity index (χ0n) is 10.5. The average Bonchev–Trinajstić information content (AvgIpc) is 2.87. The molecule has 1 aromatic rings. The lowest BCUT2D eigenvalue weighted by molar-refractivity contribution is -0.167. The van der Waals surface area contributed by atoms with Gasteiger partial charge in [-0.25, -0.2) is 4.79 Å². The van der Waals surface area contributed by atoms with Gasteiger partial charge in [0.25, 0.3) is 0 Å². The van der Waals surface area contributed by atoms with Gasteiger partial charge in [-0.1, -0.05) is 0 Å². The van der Waals surface area contributed by atoms with Crippen molar-refractivity contribution in [3.63, 3.8) is 0 Å². The van der Waals surface area contributed by atoms with Gasteiger partial charge < -0.3 is 15.6 Å². The topological polar surface area (TPSA) is 103 Å². The zero-order valence-corrected chi connectivity index (χ0v) is 10.5. The van der Waals surface area contributed by atoms with Crippen LogP contribution < -0.4 is 11.4 Å². The van der Waals surface area contributed by atoms with Crippen molar-refractivity contribution < 1.29 is 14.7 Å². The van der Waals surface area contributed by atoms with Crippen molar-refractivity contribution in [3.05, 3.63) is 22.7 Å². The quantitative estimate of drug-likeness (QED) is 0.678. The van der Waals surface area contributed by atoms with Crippen LogP contribution in [0.4, 0.5) is 5.82 Å². The maximum atomic E-state index is 11.9. The monoisotopic (exact) mass is 268 g/mol. The van der Waals surface area contributed by atoms with Crippen molar-refractivity contribution >= 4 is 5.82 Å². The number of ether oxygens (including phenoxy) is 1. The summed E-state index contributed by atoms with van der Waals surface area (Å²) < 4.78 is 7.11. The van der Waals surface area contributed by atoms with E-state index in [2.05, 4.69) is 4.98 Å². The van der Waals surface area contributed by atoms with Crippen LogP contribution >= 0.6 is 0 Å². The number of rotatable bonds is 2. The number of fused-ring (bicyclic) bond motifs is 1. The zero-order chi connectivity index (χ0) is 13.6. The van der Waals surface area contributed by atoms with Crippen LogP contribution in [0.2, 0.25) is 0 Å². The highest BCUT2D eigenvalue weighted by Gasteiger charge is 2.51. The molecule has 2 unspecified atom stereocenters. The molecule has 0 saturated carbocycles. The second kappa shape index (κ2) is 4.57. The highest BCUT2D eigenvalue weighted by Crippen LogP contribution is 2.40. The van der Waals surface area contributed by atoms with Gasteiger partial charge in [-0.05, 0) is 6.07 Å². The molecule has 19 heavy (non-hydrogen) atoms. The Bertz CT molecular complexity index is 534. The van der Waals surface area contributed by atoms with Gasteiger partial charge in [-0.2, -0.15) is 10.0 Å². The standard InChI is InChI=1S/C11H16N4O4/c1-14-4-6-9(19-14)7(5-16)18-10(6)15-3-2-8(12)13-11(15)17/h2-3,6-7,9-10,16H,4-5H2,1H3,(H2,12,13,17)/t6?,7-,9?,10-/m1/s1. The Morgan fingerprint density at radius 2 is 2.42 bits per heavy atom. The number of anilines is 1. The maximum Gasteiger partial charge on any atom is 0.351 e. The molecule has 2 aliphatic heterocycles. The molecule has 104 valence electrons. The third-order valence-corrected chi connectivity index (χ3v) is 3.54. The van der Waals surface area contributed by atoms with E-state index in [1.54, 1.807) is 17.3 Å². The Kier molecular flexibility index (Phi) is 3.02. The molecule has 0 amide bonds. The fourth-order valence-electron chi connectivity index (χ4n) is 2.72. The molecule has 8 nitrogen and oxygen atoms in total. The van der Waals surface area contributed by atoms with E-state index in [0.717, 1.165) is 0 Å². The third-order valence-electron chi connectivity index (χ3n) is 3.54. The molecule has 0 aliphatic carbocycles. The van der Waals surface area contributed by atoms with E-state index < -0.39 is 18.0 Å². The van der Waals surface area contributed by atoms with E-state index in [4.69, 9.17) is 15.3 Å². The highest BCUT2D eigenvalue weighted by molar-refractivity contribution is 5.23. The summed E-state index contributed by atoms with van der Waals surface area (Å²) >= 11 is 0. The van der Waals surface area contributed by atoms with Crippen LogP contribution in [0.25, 0.3) is 0 Å². The molecule has 0 spiro atoms. The van der Waals surface area contributed by atoms with Gasteiger partial charge >= 0.3 is 5.69 Å². The van der Waals surface area contributed by atoms with Crippen LogP contribution in [0.1, 0.15) is 6.23 Å². The molecule has 2 aliphatic rings. The van der Waals surface area contributed by atoms with Crippen molar-refractivity contribution in [3.8, 4) is 0 Å². The largest absolute Gasteiger partial charge is 0.394 e. The van der Waals surface area contributed by atoms with E-state index in [1.807, 2.05) is 7.05 Å². The molecule has 2 saturated heterocycles. The Labute approximate surface area is 109 Å². The van der Waals surface area contributed by atoms with Crippen LogP contribution in [0.5, 0.6) is 0 Å². The summed E-state index contributed by atoms with van der Waals surface area (Å²) in [7, 11) is 1.81. The van der Waals surface area contributed by atoms with E-state index in [0.29, 0.717) is 6.54 Å². The van der Waals surface area contributed by atoms with Crippen LogP contribution in [0, 0.1) is 5.92 Å². The predicted molar refractivity (Wildman–Crippen MR) is 64.9 cm³/mol. The molecule has 0 aromatic carbocycles. The van der Waals surface area contributed by atoms with Gasteiger partial charge in [0, 0.05) is 19.8 Å². The van der Waals surface area contributed by atoms with Crippen molar-refractivity contribution in [2.24, 2.45) is 5.92 Å². The number of hydroxylamine groups is 2. The number of hydrogen-bond donors (Lipinski definition) is 2. The SMILES string of the molecule is CN1CC2C(O1)[C@@H](CO)O[C@H]2n1ccc(N)nc1=O. The van der Waals surface area contributed by atoms with E-state index >= 15 is 0 Å². The minimum absolute atomic E-state index is 0.0229. The van der Waals surface area contributed by atoms with Crippen LogP contribution in [0.3, 0.4) is 0 Å². The van der Waals surface area contributed by atoms with Crippen LogP contribution in [-0.2, 0) is 9.57 Å². The van der Waals surface area contributed by atoms with Crippen LogP contribution in [-0.4, -0.2) is 52.1 Å². The first-order chi connectivity index (χ1) is 9.10. The number of aliphatic hydroxyl groups is 1. The van der Waals surface area contributed by atoms with Crippen molar-refractivity contribution in [1.29, 1.82) is 0 Å². The first kappa shape index (κ1) is 12.5. The molecule has 1 aromatic heterocycles. The minimum Gasteiger partial charge on any atom is -0.394 e. The van der Waals surface area contributed by atoms with Gasteiger partial charge in [0.15, 0.2) is 0 Å². The molecule has 3 rings (SSSR count). The third kappa shape index (κ3) is 2.02. The van der Waals surface area contributed by atoms with Crippen molar-refractivity contribution in [2.75, 3.05) is 25.9 Å². The molecule has 0 bridgehead atoms. The number of hydrogen-bond acceptors (Lipinski definition) is 7. The fraction of sp³-hybridized carbons (Fsp3) is 0.636. The maximum absolute atomic E-state index is 11.9. The first-order valence-electron chi connectivity index (χ1n) is 6.09. The van der Waals surface area contributed by atoms with E-state index in [9.17, 15) is 9.90 Å². The Morgan fingerprint density at radius 1 is 1.63 bits per heavy atom. The summed E-state index contributed by atoms with van der Waals surface area (Å²) in [6, 6.07) is 1.55. The van der Waals surface area contributed by atoms with Crippen molar-refractivity contribution in [1.82, 2.24) is 14.6 Å². The van der Waals surface area contributed by atoms with Crippen LogP contribution in [0.15, 0.2) is 17.1 Å². The van der Waals surface area contributed by atoms with Gasteiger partial charge in [0.05, 0.1) is 12.5 Å². The summed E-state index contributed by atoms with van der Waals surface area (Å²) in [6.45, 7) is 0.477. The Morgan fingerprint density at radius 3 is 3.11 bits per heavy atom. The minimum atomic E-state index is -0.493. The molecule has 0 radical (unpaired) electrons. The van der Waals surface area contributed by atoms with Gasteiger partial charge in [0.2, 0.25) is 0 Å². The molecule has 4 atom stereocenters. The van der Waals surface area contributed by atoms with Gasteiger partial charge in [-0.3, -0.25) is 9.40 Å². The second-order valence-electron chi connectivity index (χ2n) is 4.83. The van der Waals surface area contributed by atoms with Gasteiger partial charge in [-0.15, -0.1) is 0 Å². The first-order valence-corrected chi connectivity index (χ1v) is 6.09. The van der Waals surface area contributed by atoms with Gasteiger partial charge in [0.1, 0.15) is 24.3 Å². The molecular formula is C11H16N4O4. The summed E-state index contributed by atoms with van der Waals surface area (Å²) in [5.41, 5.74) is 5.01. The summed E-state index contributed by atoms with van der Waals surface area (Å²) in [6.07, 6.45) is 0.381. The average molecular weight is 268 g/mol. The molecular weight excluding hydrogens is 252 g/mol. The fourth-order valence-corrected chi connectivity index (χ4v) is 2.72. The second-order valence-corrected chi connectivity index (χ2v) is 4.83. The van der Waals surface area contributed by atoms with Crippen molar-refractivity contribution in [2.45, 2.75) is 18.4 Å². The Hall–Kier alpha value is -1.48. The number of nitrogens with two attached hydrogens (primary N) is 1. The Balaban J connectivity index is 1.94. The summed E-state index contributed by atoms with van der Waals surface area (Å²) in [4.78, 5) is 21.1. The molecule has 8 heteroatoms. The molecule has 3 heterocycles. The highest BCUT2D eigenvalue weighted by atomic mass is 16.7. The number of nitrogens with zero attached hydrogens (tertiary/aromatic N) is 3. The lowest BCUT2D eigenvalue weighted by Crippen LogP contribution is -2.32. The lowest BCUT2D eigenvalue weighted by atomic mass is 10.0. The number of aromatic nitrogens is 2. The summed E-state index contributed by atoms with van der Waals surface area (Å²) in [5, 5.41) is 11.0. The smallest absolute Gasteiger partial charge is 0.351 e. The molecule has 3 N–H and O–H groups in total. The number of aliphatic hydroxyl groups excluding tert-OH is 1. The summed E-state index contributed by atoms with van der Waals surface area (Å²) in [5.74, 6) is 0.152. The number of nitrogen functional groups attached to an aromatic ring is 1.